The molecule has 6 nitrogen and oxygen atoms in total. The van der Waals surface area contributed by atoms with E-state index in [-0.39, 0.29) is 23.5 Å². The number of ketones is 1. The molecule has 2 saturated heterocycles. The van der Waals surface area contributed by atoms with Crippen molar-refractivity contribution in [1.29, 1.82) is 0 Å². The second kappa shape index (κ2) is 9.08. The molecule has 0 atom stereocenters. The van der Waals surface area contributed by atoms with Crippen LogP contribution in [0, 0.1) is 5.41 Å². The molecular weight excluding hydrogens is 432 g/mol. The van der Waals surface area contributed by atoms with E-state index in [9.17, 15) is 9.59 Å². The van der Waals surface area contributed by atoms with Gasteiger partial charge in [-0.25, -0.2) is 4.98 Å². The Balaban J connectivity index is 1.31. The Kier molecular flexibility index (Phi) is 6.00. The zero-order valence-electron chi connectivity index (χ0n) is 18.5. The molecule has 3 aromatic rings. The van der Waals surface area contributed by atoms with E-state index in [1.165, 1.54) is 0 Å². The van der Waals surface area contributed by atoms with Crippen molar-refractivity contribution in [3.8, 4) is 10.4 Å². The van der Waals surface area contributed by atoms with Crippen LogP contribution in [0.5, 0.6) is 0 Å². The van der Waals surface area contributed by atoms with E-state index in [0.29, 0.717) is 30.0 Å². The van der Waals surface area contributed by atoms with Crippen molar-refractivity contribution in [1.82, 2.24) is 10.3 Å². The predicted octanol–water partition coefficient (Wildman–Crippen LogP) is 4.31. The van der Waals surface area contributed by atoms with Crippen LogP contribution in [0.25, 0.3) is 10.4 Å². The summed E-state index contributed by atoms with van der Waals surface area (Å²) in [6.45, 7) is 2.71. The average molecular weight is 461 g/mol. The van der Waals surface area contributed by atoms with Crippen molar-refractivity contribution in [2.75, 3.05) is 30.3 Å². The minimum atomic E-state index is -0.0381. The molecule has 2 aliphatic heterocycles. The number of hydrogen-bond acceptors (Lipinski definition) is 6. The number of hydrogen-bond donors (Lipinski definition) is 2. The summed E-state index contributed by atoms with van der Waals surface area (Å²) in [6.07, 6.45) is 5.48. The van der Waals surface area contributed by atoms with E-state index >= 15 is 0 Å². The smallest absolute Gasteiger partial charge is 0.228 e. The molecule has 0 aliphatic carbocycles. The maximum absolute atomic E-state index is 13.0. The number of aromatic nitrogens is 1. The highest BCUT2D eigenvalue weighted by molar-refractivity contribution is 7.13. The number of nitrogens with two attached hydrogens (primary N) is 1. The largest absolute Gasteiger partial charge is 0.398 e. The monoisotopic (exact) mass is 460 g/mol. The molecule has 1 amide bonds. The van der Waals surface area contributed by atoms with E-state index in [4.69, 9.17) is 5.73 Å². The Morgan fingerprint density at radius 1 is 1.15 bits per heavy atom. The van der Waals surface area contributed by atoms with Crippen LogP contribution in [0.3, 0.4) is 0 Å². The first kappa shape index (κ1) is 21.8. The Morgan fingerprint density at radius 2 is 2.00 bits per heavy atom. The van der Waals surface area contributed by atoms with E-state index in [0.717, 1.165) is 48.4 Å². The molecule has 7 heteroatoms. The normalized spacial score (nSPS) is 17.9. The summed E-state index contributed by atoms with van der Waals surface area (Å²) in [7, 11) is 0. The van der Waals surface area contributed by atoms with Crippen LogP contribution in [0.4, 0.5) is 11.5 Å². The van der Waals surface area contributed by atoms with Gasteiger partial charge in [0.15, 0.2) is 5.78 Å². The van der Waals surface area contributed by atoms with Crippen LogP contribution in [0.1, 0.15) is 41.6 Å². The molecule has 1 aromatic carbocycles. The summed E-state index contributed by atoms with van der Waals surface area (Å²) in [4.78, 5) is 33.1. The van der Waals surface area contributed by atoms with Crippen molar-refractivity contribution >= 4 is 34.5 Å². The summed E-state index contributed by atoms with van der Waals surface area (Å²) < 4.78 is 0. The van der Waals surface area contributed by atoms with Gasteiger partial charge in [0.25, 0.3) is 0 Å². The Hall–Kier alpha value is -3.03. The molecule has 1 spiro atoms. The topological polar surface area (TPSA) is 88.3 Å². The van der Waals surface area contributed by atoms with Gasteiger partial charge in [-0.05, 0) is 84.6 Å². The van der Waals surface area contributed by atoms with E-state index in [2.05, 4.69) is 16.4 Å². The number of nitrogens with one attached hydrogen (secondary N) is 1. The van der Waals surface area contributed by atoms with Crippen molar-refractivity contribution in [2.24, 2.45) is 5.41 Å². The SMILES string of the molecule is Nc1ccc(-c2cccs2)cc1CC(=O)c1ccc(N2CC3(CCNCC3)CCC2=O)nc1. The van der Waals surface area contributed by atoms with Crippen molar-refractivity contribution in [3.63, 3.8) is 0 Å². The first-order valence-corrected chi connectivity index (χ1v) is 12.3. The van der Waals surface area contributed by atoms with Crippen molar-refractivity contribution in [3.05, 3.63) is 65.2 Å². The summed E-state index contributed by atoms with van der Waals surface area (Å²) in [5.41, 5.74) is 9.36. The lowest BCUT2D eigenvalue weighted by Crippen LogP contribution is -2.51. The number of anilines is 2. The zero-order chi connectivity index (χ0) is 22.8. The van der Waals surface area contributed by atoms with Crippen molar-refractivity contribution < 1.29 is 9.59 Å². The van der Waals surface area contributed by atoms with Gasteiger partial charge in [-0.3, -0.25) is 14.5 Å². The number of thiophene rings is 1. The van der Waals surface area contributed by atoms with Crippen molar-refractivity contribution in [2.45, 2.75) is 32.1 Å². The van der Waals surface area contributed by atoms with Gasteiger partial charge >= 0.3 is 0 Å². The van der Waals surface area contributed by atoms with Crippen LogP contribution < -0.4 is 16.0 Å². The van der Waals surface area contributed by atoms with E-state index < -0.39 is 0 Å². The first-order chi connectivity index (χ1) is 16.0. The van der Waals surface area contributed by atoms with Gasteiger partial charge in [-0.2, -0.15) is 0 Å². The predicted molar refractivity (Wildman–Crippen MR) is 133 cm³/mol. The van der Waals surface area contributed by atoms with Gasteiger partial charge in [0.2, 0.25) is 5.91 Å². The third-order valence-corrected chi connectivity index (χ3v) is 7.89. The summed E-state index contributed by atoms with van der Waals surface area (Å²) in [5, 5.41) is 5.44. The molecule has 3 N–H and O–H groups in total. The molecular formula is C26H28N4O2S. The molecule has 0 unspecified atom stereocenters. The lowest BCUT2D eigenvalue weighted by molar-refractivity contribution is -0.121. The fourth-order valence-electron chi connectivity index (χ4n) is 4.92. The van der Waals surface area contributed by atoms with E-state index in [1.807, 2.05) is 34.5 Å². The number of piperidine rings is 2. The number of carbonyl (C=O) groups excluding carboxylic acids is 2. The molecule has 0 bridgehead atoms. The summed E-state index contributed by atoms with van der Waals surface area (Å²) in [6, 6.07) is 13.5. The highest BCUT2D eigenvalue weighted by Crippen LogP contribution is 2.39. The van der Waals surface area contributed by atoms with Gasteiger partial charge in [0, 0.05) is 41.7 Å². The maximum atomic E-state index is 13.0. The lowest BCUT2D eigenvalue weighted by Gasteiger charge is -2.44. The zero-order valence-corrected chi connectivity index (χ0v) is 19.4. The van der Waals surface area contributed by atoms with Crippen LogP contribution in [0.15, 0.2) is 54.0 Å². The quantitative estimate of drug-likeness (QED) is 0.437. The number of pyridine rings is 1. The van der Waals surface area contributed by atoms with Crippen LogP contribution in [-0.2, 0) is 11.2 Å². The Labute approximate surface area is 197 Å². The van der Waals surface area contributed by atoms with Gasteiger partial charge in [-0.15, -0.1) is 11.3 Å². The molecule has 33 heavy (non-hydrogen) atoms. The molecule has 2 aliphatic rings. The second-order valence-corrected chi connectivity index (χ2v) is 10.1. The Morgan fingerprint density at radius 3 is 2.73 bits per heavy atom. The molecule has 170 valence electrons. The Bertz CT molecular complexity index is 1150. The molecule has 5 rings (SSSR count). The number of rotatable bonds is 5. The van der Waals surface area contributed by atoms with Gasteiger partial charge in [0.05, 0.1) is 0 Å². The van der Waals surface area contributed by atoms with Gasteiger partial charge < -0.3 is 11.1 Å². The summed E-state index contributed by atoms with van der Waals surface area (Å²) in [5.74, 6) is 0.709. The van der Waals surface area contributed by atoms with E-state index in [1.54, 1.807) is 29.7 Å². The minimum absolute atomic E-state index is 0.0381. The number of benzene rings is 1. The minimum Gasteiger partial charge on any atom is -0.398 e. The summed E-state index contributed by atoms with van der Waals surface area (Å²) >= 11 is 1.66. The standard InChI is InChI=1S/C26H28N4O2S/c27-21-5-3-18(23-2-1-13-33-23)14-20(21)15-22(31)19-4-6-24(29-16-19)30-17-26(8-7-25(30)32)9-11-28-12-10-26/h1-6,13-14,16,28H,7-12,15,17,27H2. The third-order valence-electron chi connectivity index (χ3n) is 6.97. The first-order valence-electron chi connectivity index (χ1n) is 11.5. The molecule has 2 fully saturated rings. The number of amides is 1. The van der Waals surface area contributed by atoms with Crippen LogP contribution in [0.2, 0.25) is 0 Å². The lowest BCUT2D eigenvalue weighted by atomic mass is 9.73. The maximum Gasteiger partial charge on any atom is 0.228 e. The highest BCUT2D eigenvalue weighted by atomic mass is 32.1. The third kappa shape index (κ3) is 4.56. The molecule has 2 aromatic heterocycles. The van der Waals surface area contributed by atoms with Gasteiger partial charge in [-0.1, -0.05) is 12.1 Å². The number of Topliss-reactive ketones (excluding diaryl/α,β-unsaturated/α-hetero) is 1. The van der Waals surface area contributed by atoms with Crippen LogP contribution in [-0.4, -0.2) is 36.3 Å². The fraction of sp³-hybridized carbons (Fsp3) is 0.346. The van der Waals surface area contributed by atoms with Crippen LogP contribution >= 0.6 is 11.3 Å². The number of nitrogens with zero attached hydrogens (tertiary/aromatic N) is 2. The highest BCUT2D eigenvalue weighted by Gasteiger charge is 2.40. The van der Waals surface area contributed by atoms with Gasteiger partial charge in [0.1, 0.15) is 5.82 Å². The molecule has 0 radical (unpaired) electrons. The fourth-order valence-corrected chi connectivity index (χ4v) is 5.65. The molecule has 0 saturated carbocycles. The second-order valence-electron chi connectivity index (χ2n) is 9.13. The number of nitrogen functional groups attached to an aromatic ring is 1. The molecule has 4 heterocycles. The number of carbonyl (C=O) groups is 2. The average Bonchev–Trinajstić information content (AvgIpc) is 3.38.